The largest absolute Gasteiger partial charge is 0.337 e. The van der Waals surface area contributed by atoms with Crippen LogP contribution in [0.1, 0.15) is 19.7 Å². The fraction of sp³-hybridized carbons (Fsp3) is 0.150. The minimum absolute atomic E-state index is 0.196. The van der Waals surface area contributed by atoms with Gasteiger partial charge in [0.05, 0.1) is 29.5 Å². The van der Waals surface area contributed by atoms with Crippen molar-refractivity contribution in [2.45, 2.75) is 20.8 Å². The maximum absolute atomic E-state index is 11.5. The van der Waals surface area contributed by atoms with E-state index in [4.69, 9.17) is 0 Å². The Balaban J connectivity index is 1.82. The number of aromatic nitrogens is 6. The first-order valence-corrected chi connectivity index (χ1v) is 9.36. The van der Waals surface area contributed by atoms with Crippen LogP contribution in [0.5, 0.6) is 0 Å². The number of fused-ring (bicyclic) bond motifs is 1. The molecule has 0 aromatic carbocycles. The summed E-state index contributed by atoms with van der Waals surface area (Å²) >= 11 is 0. The lowest BCUT2D eigenvalue weighted by molar-refractivity contribution is -0.115. The lowest BCUT2D eigenvalue weighted by atomic mass is 10.2. The van der Waals surface area contributed by atoms with Crippen LogP contribution in [-0.2, 0) is 9.59 Å². The van der Waals surface area contributed by atoms with Crippen LogP contribution >= 0.6 is 0 Å². The third-order valence-electron chi connectivity index (χ3n) is 4.10. The number of carbonyl (C=O) groups excluding carboxylic acids is 2. The summed E-state index contributed by atoms with van der Waals surface area (Å²) in [6.07, 6.45) is 4.80. The molecule has 0 saturated heterocycles. The summed E-state index contributed by atoms with van der Waals surface area (Å²) < 4.78 is 1.65. The number of imidazole rings is 1. The molecular weight excluding hydrogens is 398 g/mol. The summed E-state index contributed by atoms with van der Waals surface area (Å²) in [5.74, 6) is 0.902. The van der Waals surface area contributed by atoms with Crippen molar-refractivity contribution in [3.8, 4) is 11.4 Å². The van der Waals surface area contributed by atoms with Crippen LogP contribution in [0.4, 0.5) is 23.0 Å². The highest BCUT2D eigenvalue weighted by Gasteiger charge is 2.18. The number of anilines is 4. The zero-order chi connectivity index (χ0) is 22.0. The van der Waals surface area contributed by atoms with Gasteiger partial charge in [0.1, 0.15) is 17.3 Å². The Morgan fingerprint density at radius 2 is 1.74 bits per heavy atom. The summed E-state index contributed by atoms with van der Waals surface area (Å²) in [5, 5.41) is 13.0. The Kier molecular flexibility index (Phi) is 5.22. The predicted molar refractivity (Wildman–Crippen MR) is 115 cm³/mol. The molecule has 3 N–H and O–H groups in total. The Labute approximate surface area is 177 Å². The summed E-state index contributed by atoms with van der Waals surface area (Å²) in [7, 11) is 0. The normalized spacial score (nSPS) is 10.7. The van der Waals surface area contributed by atoms with Crippen molar-refractivity contribution in [1.29, 1.82) is 0 Å². The second kappa shape index (κ2) is 8.14. The number of pyridine rings is 1. The van der Waals surface area contributed by atoms with E-state index in [9.17, 15) is 9.59 Å². The van der Waals surface area contributed by atoms with Crippen molar-refractivity contribution in [2.24, 2.45) is 0 Å². The third kappa shape index (κ3) is 4.45. The van der Waals surface area contributed by atoms with Gasteiger partial charge in [-0.1, -0.05) is 0 Å². The van der Waals surface area contributed by atoms with E-state index in [1.54, 1.807) is 48.2 Å². The van der Waals surface area contributed by atoms with Crippen LogP contribution in [0.2, 0.25) is 0 Å². The molecule has 0 saturated carbocycles. The number of nitrogens with one attached hydrogen (secondary N) is 3. The number of rotatable bonds is 5. The van der Waals surface area contributed by atoms with Crippen molar-refractivity contribution < 1.29 is 9.59 Å². The summed E-state index contributed by atoms with van der Waals surface area (Å²) in [6.45, 7) is 4.57. The average Bonchev–Trinajstić information content (AvgIpc) is 3.04. The molecule has 4 heterocycles. The van der Waals surface area contributed by atoms with E-state index >= 15 is 0 Å². The molecule has 4 rings (SSSR count). The van der Waals surface area contributed by atoms with Gasteiger partial charge in [-0.3, -0.25) is 14.6 Å². The topological polar surface area (TPSA) is 139 Å². The molecule has 0 aliphatic heterocycles. The minimum Gasteiger partial charge on any atom is -0.337 e. The van der Waals surface area contributed by atoms with Gasteiger partial charge in [-0.15, -0.1) is 0 Å². The van der Waals surface area contributed by atoms with Crippen molar-refractivity contribution in [2.75, 3.05) is 16.0 Å². The van der Waals surface area contributed by atoms with Crippen molar-refractivity contribution in [1.82, 2.24) is 29.5 Å². The van der Waals surface area contributed by atoms with Crippen LogP contribution in [0.15, 0.2) is 42.9 Å². The molecule has 2 amide bonds. The summed E-state index contributed by atoms with van der Waals surface area (Å²) in [5.41, 5.74) is 2.87. The molecular formula is C20H19N9O2. The molecule has 156 valence electrons. The van der Waals surface area contributed by atoms with Gasteiger partial charge < -0.3 is 16.0 Å². The Bertz CT molecular complexity index is 1300. The molecule has 0 bridgehead atoms. The fourth-order valence-electron chi connectivity index (χ4n) is 3.06. The van der Waals surface area contributed by atoms with Gasteiger partial charge in [-0.25, -0.2) is 19.5 Å². The number of carbonyl (C=O) groups is 2. The van der Waals surface area contributed by atoms with E-state index in [1.807, 2.05) is 6.07 Å². The van der Waals surface area contributed by atoms with Crippen molar-refractivity contribution >= 4 is 40.5 Å². The monoisotopic (exact) mass is 417 g/mol. The quantitative estimate of drug-likeness (QED) is 0.450. The molecule has 4 aromatic rings. The van der Waals surface area contributed by atoms with E-state index in [-0.39, 0.29) is 11.8 Å². The van der Waals surface area contributed by atoms with Gasteiger partial charge in [-0.05, 0) is 25.1 Å². The van der Waals surface area contributed by atoms with Crippen LogP contribution in [0.25, 0.3) is 17.0 Å². The van der Waals surface area contributed by atoms with Crippen molar-refractivity contribution in [3.63, 3.8) is 0 Å². The second-order valence-corrected chi connectivity index (χ2v) is 6.74. The maximum Gasteiger partial charge on any atom is 0.222 e. The SMILES string of the molecule is CC(=O)Nc1cncc(Nc2nc3cccnn3c2-c2cc(NC(C)=O)nc(C)n2)c1. The van der Waals surface area contributed by atoms with Crippen LogP contribution in [0.3, 0.4) is 0 Å². The van der Waals surface area contributed by atoms with E-state index in [1.165, 1.54) is 13.8 Å². The number of hydrogen-bond acceptors (Lipinski definition) is 8. The number of aryl methyl sites for hydroxylation is 1. The lowest BCUT2D eigenvalue weighted by Crippen LogP contribution is -2.09. The average molecular weight is 417 g/mol. The van der Waals surface area contributed by atoms with Gasteiger partial charge in [0.15, 0.2) is 11.5 Å². The van der Waals surface area contributed by atoms with Gasteiger partial charge in [-0.2, -0.15) is 5.10 Å². The van der Waals surface area contributed by atoms with Gasteiger partial charge in [0.25, 0.3) is 0 Å². The van der Waals surface area contributed by atoms with E-state index < -0.39 is 0 Å². The number of amides is 2. The molecule has 0 aliphatic carbocycles. The summed E-state index contributed by atoms with van der Waals surface area (Å²) in [6, 6.07) is 6.99. The van der Waals surface area contributed by atoms with Crippen LogP contribution in [0, 0.1) is 6.92 Å². The van der Waals surface area contributed by atoms with E-state index in [0.29, 0.717) is 45.9 Å². The Hall–Kier alpha value is -4.41. The maximum atomic E-state index is 11.5. The first-order chi connectivity index (χ1) is 14.9. The second-order valence-electron chi connectivity index (χ2n) is 6.74. The smallest absolute Gasteiger partial charge is 0.222 e. The first kappa shape index (κ1) is 19.9. The van der Waals surface area contributed by atoms with Gasteiger partial charge in [0, 0.05) is 26.1 Å². The molecule has 0 fully saturated rings. The zero-order valence-electron chi connectivity index (χ0n) is 17.0. The number of nitrogens with zero attached hydrogens (tertiary/aromatic N) is 6. The molecule has 0 spiro atoms. The highest BCUT2D eigenvalue weighted by atomic mass is 16.2. The Morgan fingerprint density at radius 1 is 0.968 bits per heavy atom. The zero-order valence-corrected chi connectivity index (χ0v) is 17.0. The molecule has 11 heteroatoms. The molecule has 0 atom stereocenters. The highest BCUT2D eigenvalue weighted by molar-refractivity contribution is 5.90. The molecule has 4 aromatic heterocycles. The molecule has 31 heavy (non-hydrogen) atoms. The molecule has 0 aliphatic rings. The van der Waals surface area contributed by atoms with Crippen LogP contribution in [-0.4, -0.2) is 41.4 Å². The van der Waals surface area contributed by atoms with E-state index in [0.717, 1.165) is 0 Å². The van der Waals surface area contributed by atoms with Gasteiger partial charge >= 0.3 is 0 Å². The van der Waals surface area contributed by atoms with Crippen molar-refractivity contribution in [3.05, 3.63) is 48.7 Å². The standard InChI is InChI=1S/C20H19N9O2/c1-11-23-16(8-17(24-11)26-13(3)31)19-20(28-18-5-4-6-22-29(18)19)27-15-7-14(9-21-10-15)25-12(2)30/h4-10,27H,1-3H3,(H,25,30)(H,23,24,26,31). The number of hydrogen-bond donors (Lipinski definition) is 3. The summed E-state index contributed by atoms with van der Waals surface area (Å²) in [4.78, 5) is 40.4. The predicted octanol–water partition coefficient (Wildman–Crippen LogP) is 2.55. The lowest BCUT2D eigenvalue weighted by Gasteiger charge is -2.10. The minimum atomic E-state index is -0.237. The fourth-order valence-corrected chi connectivity index (χ4v) is 3.06. The molecule has 0 unspecified atom stereocenters. The van der Waals surface area contributed by atoms with E-state index in [2.05, 4.69) is 41.0 Å². The third-order valence-corrected chi connectivity index (χ3v) is 4.10. The molecule has 0 radical (unpaired) electrons. The first-order valence-electron chi connectivity index (χ1n) is 9.36. The highest BCUT2D eigenvalue weighted by Crippen LogP contribution is 2.31. The van der Waals surface area contributed by atoms with Crippen LogP contribution < -0.4 is 16.0 Å². The Morgan fingerprint density at radius 3 is 2.52 bits per heavy atom. The molecule has 11 nitrogen and oxygen atoms in total. The van der Waals surface area contributed by atoms with Gasteiger partial charge in [0.2, 0.25) is 11.8 Å².